The molecule has 2 aliphatic rings. The van der Waals surface area contributed by atoms with Crippen molar-refractivity contribution in [2.24, 2.45) is 11.8 Å². The van der Waals surface area contributed by atoms with Crippen molar-refractivity contribution in [1.82, 2.24) is 5.32 Å². The Balaban J connectivity index is 1.82. The smallest absolute Gasteiger partial charge is 0.326 e. The van der Waals surface area contributed by atoms with E-state index < -0.39 is 29.4 Å². The highest BCUT2D eigenvalue weighted by molar-refractivity contribution is 6.24. The van der Waals surface area contributed by atoms with E-state index in [1.54, 1.807) is 38.1 Å². The molecule has 0 bridgehead atoms. The molecule has 2 amide bonds. The molecule has 4 rings (SSSR count). The van der Waals surface area contributed by atoms with Gasteiger partial charge in [-0.05, 0) is 38.5 Å². The van der Waals surface area contributed by atoms with Crippen LogP contribution in [0.3, 0.4) is 0 Å². The first-order chi connectivity index (χ1) is 13.9. The maximum Gasteiger partial charge on any atom is 0.326 e. The molecule has 2 fully saturated rings. The van der Waals surface area contributed by atoms with Gasteiger partial charge in [0.15, 0.2) is 0 Å². The molecule has 6 nitrogen and oxygen atoms in total. The lowest BCUT2D eigenvalue weighted by molar-refractivity contribution is -0.153. The number of para-hydroxylation sites is 1. The Bertz CT molecular complexity index is 974. The molecule has 150 valence electrons. The lowest BCUT2D eigenvalue weighted by Gasteiger charge is -2.29. The summed E-state index contributed by atoms with van der Waals surface area (Å²) in [7, 11) is 0. The van der Waals surface area contributed by atoms with E-state index in [-0.39, 0.29) is 18.4 Å². The topological polar surface area (TPSA) is 75.7 Å². The summed E-state index contributed by atoms with van der Waals surface area (Å²) in [5.41, 5.74) is 1.16. The molecule has 0 spiro atoms. The first-order valence-electron chi connectivity index (χ1n) is 9.83. The number of esters is 1. The Morgan fingerprint density at radius 3 is 2.48 bits per heavy atom. The van der Waals surface area contributed by atoms with Gasteiger partial charge in [-0.2, -0.15) is 0 Å². The first kappa shape index (κ1) is 19.3. The van der Waals surface area contributed by atoms with Gasteiger partial charge in [-0.15, -0.1) is 0 Å². The van der Waals surface area contributed by atoms with Crippen molar-refractivity contribution < 1.29 is 19.1 Å². The maximum atomic E-state index is 13.4. The first-order valence-corrected chi connectivity index (χ1v) is 9.83. The number of carbonyl (C=O) groups is 3. The molecule has 2 aliphatic heterocycles. The third kappa shape index (κ3) is 2.95. The Morgan fingerprint density at radius 1 is 1.10 bits per heavy atom. The molecular formula is C23H24N2O4. The highest BCUT2D eigenvalue weighted by atomic mass is 16.5. The third-order valence-corrected chi connectivity index (χ3v) is 5.90. The normalized spacial score (nSPS) is 28.5. The summed E-state index contributed by atoms with van der Waals surface area (Å²) in [4.78, 5) is 41.0. The number of anilines is 1. The number of hydrogen-bond acceptors (Lipinski definition) is 5. The average Bonchev–Trinajstić information content (AvgIpc) is 3.17. The number of nitrogens with zero attached hydrogens (tertiary/aromatic N) is 1. The molecule has 0 unspecified atom stereocenters. The van der Waals surface area contributed by atoms with E-state index in [1.807, 2.05) is 37.3 Å². The van der Waals surface area contributed by atoms with Crippen LogP contribution in [0, 0.1) is 18.8 Å². The van der Waals surface area contributed by atoms with Crippen LogP contribution in [0.4, 0.5) is 5.69 Å². The van der Waals surface area contributed by atoms with Gasteiger partial charge in [0.1, 0.15) is 5.54 Å². The van der Waals surface area contributed by atoms with E-state index in [9.17, 15) is 14.4 Å². The highest BCUT2D eigenvalue weighted by Crippen LogP contribution is 2.50. The fraction of sp³-hybridized carbons (Fsp3) is 0.348. The van der Waals surface area contributed by atoms with Crippen LogP contribution in [-0.2, 0) is 19.1 Å². The highest BCUT2D eigenvalue weighted by Gasteiger charge is 2.67. The van der Waals surface area contributed by atoms with Gasteiger partial charge >= 0.3 is 5.97 Å². The maximum absolute atomic E-state index is 13.4. The molecule has 29 heavy (non-hydrogen) atoms. The largest absolute Gasteiger partial charge is 0.465 e. The molecule has 0 aromatic heterocycles. The van der Waals surface area contributed by atoms with Crippen LogP contribution in [0.2, 0.25) is 0 Å². The van der Waals surface area contributed by atoms with E-state index >= 15 is 0 Å². The zero-order valence-electron chi connectivity index (χ0n) is 16.7. The van der Waals surface area contributed by atoms with Crippen LogP contribution in [0.5, 0.6) is 0 Å². The van der Waals surface area contributed by atoms with E-state index in [2.05, 4.69) is 5.32 Å². The molecule has 4 atom stereocenters. The van der Waals surface area contributed by atoms with Crippen LogP contribution in [0.15, 0.2) is 54.6 Å². The van der Waals surface area contributed by atoms with E-state index in [0.717, 1.165) is 11.1 Å². The molecule has 6 heteroatoms. The van der Waals surface area contributed by atoms with Gasteiger partial charge in [0.05, 0.1) is 24.1 Å². The van der Waals surface area contributed by atoms with Crippen molar-refractivity contribution in [3.8, 4) is 0 Å². The number of amides is 2. The van der Waals surface area contributed by atoms with Crippen LogP contribution >= 0.6 is 0 Å². The van der Waals surface area contributed by atoms with Gasteiger partial charge < -0.3 is 4.74 Å². The van der Waals surface area contributed by atoms with E-state index in [1.165, 1.54) is 4.90 Å². The number of aryl methyl sites for hydroxylation is 1. The molecule has 2 heterocycles. The number of ether oxygens (including phenoxy) is 1. The predicted octanol–water partition coefficient (Wildman–Crippen LogP) is 2.77. The van der Waals surface area contributed by atoms with Crippen molar-refractivity contribution in [3.63, 3.8) is 0 Å². The van der Waals surface area contributed by atoms with Crippen molar-refractivity contribution in [2.75, 3.05) is 11.5 Å². The van der Waals surface area contributed by atoms with Gasteiger partial charge in [0, 0.05) is 6.04 Å². The molecule has 0 saturated carbocycles. The van der Waals surface area contributed by atoms with Crippen LogP contribution in [0.25, 0.3) is 0 Å². The Morgan fingerprint density at radius 2 is 1.83 bits per heavy atom. The van der Waals surface area contributed by atoms with Crippen LogP contribution in [0.1, 0.15) is 31.0 Å². The standard InChI is InChI=1S/C23H24N2O4/c1-4-29-22(28)23(3)18-17(19(24-23)15-10-8-9-14(2)13-15)20(26)25(21(18)27)16-11-6-5-7-12-16/h5-13,17-19,24H,4H2,1-3H3/t17-,18-,19+,23+/m0/s1. The van der Waals surface area contributed by atoms with Gasteiger partial charge in [0.2, 0.25) is 11.8 Å². The minimum Gasteiger partial charge on any atom is -0.465 e. The van der Waals surface area contributed by atoms with Crippen LogP contribution < -0.4 is 10.2 Å². The lowest BCUT2D eigenvalue weighted by Crippen LogP contribution is -2.54. The number of fused-ring (bicyclic) bond motifs is 1. The summed E-state index contributed by atoms with van der Waals surface area (Å²) < 4.78 is 5.29. The zero-order chi connectivity index (χ0) is 20.8. The number of carbonyl (C=O) groups excluding carboxylic acids is 3. The number of rotatable bonds is 4. The average molecular weight is 392 g/mol. The summed E-state index contributed by atoms with van der Waals surface area (Å²) in [6.45, 7) is 5.56. The van der Waals surface area contributed by atoms with Crippen LogP contribution in [-0.4, -0.2) is 29.9 Å². The quantitative estimate of drug-likeness (QED) is 0.640. The van der Waals surface area contributed by atoms with Gasteiger partial charge in [-0.1, -0.05) is 48.0 Å². The van der Waals surface area contributed by atoms with E-state index in [4.69, 9.17) is 4.74 Å². The van der Waals surface area contributed by atoms with Crippen molar-refractivity contribution in [1.29, 1.82) is 0 Å². The summed E-state index contributed by atoms with van der Waals surface area (Å²) >= 11 is 0. The summed E-state index contributed by atoms with van der Waals surface area (Å²) in [5, 5.41) is 3.29. The molecule has 0 radical (unpaired) electrons. The molecule has 2 aromatic rings. The number of benzene rings is 2. The molecule has 0 aliphatic carbocycles. The minimum absolute atomic E-state index is 0.202. The summed E-state index contributed by atoms with van der Waals surface area (Å²) in [6, 6.07) is 16.2. The van der Waals surface area contributed by atoms with E-state index in [0.29, 0.717) is 5.69 Å². The van der Waals surface area contributed by atoms with Crippen molar-refractivity contribution in [3.05, 3.63) is 65.7 Å². The SMILES string of the molecule is CCOC(=O)[C@]1(C)N[C@H](c2cccc(C)c2)[C@H]2C(=O)N(c3ccccc3)C(=O)[C@H]21. The Labute approximate surface area is 169 Å². The lowest BCUT2D eigenvalue weighted by atomic mass is 9.80. The second-order valence-corrected chi connectivity index (χ2v) is 7.81. The number of nitrogens with one attached hydrogen (secondary N) is 1. The predicted molar refractivity (Wildman–Crippen MR) is 108 cm³/mol. The second kappa shape index (κ2) is 7.12. The van der Waals surface area contributed by atoms with Crippen molar-refractivity contribution in [2.45, 2.75) is 32.4 Å². The number of hydrogen-bond donors (Lipinski definition) is 1. The monoisotopic (exact) mass is 392 g/mol. The third-order valence-electron chi connectivity index (χ3n) is 5.90. The summed E-state index contributed by atoms with van der Waals surface area (Å²) in [5.74, 6) is -2.69. The Hall–Kier alpha value is -2.99. The van der Waals surface area contributed by atoms with Gasteiger partial charge in [-0.25, -0.2) is 4.90 Å². The molecule has 2 saturated heterocycles. The summed E-state index contributed by atoms with van der Waals surface area (Å²) in [6.07, 6.45) is 0. The molecule has 2 aromatic carbocycles. The van der Waals surface area contributed by atoms with Gasteiger partial charge in [-0.3, -0.25) is 19.7 Å². The molecule has 1 N–H and O–H groups in total. The number of imide groups is 1. The molecular weight excluding hydrogens is 368 g/mol. The van der Waals surface area contributed by atoms with Crippen molar-refractivity contribution >= 4 is 23.5 Å². The Kier molecular flexibility index (Phi) is 4.74. The van der Waals surface area contributed by atoms with Gasteiger partial charge in [0.25, 0.3) is 0 Å². The zero-order valence-corrected chi connectivity index (χ0v) is 16.7. The fourth-order valence-electron chi connectivity index (χ4n) is 4.59. The second-order valence-electron chi connectivity index (χ2n) is 7.81. The fourth-order valence-corrected chi connectivity index (χ4v) is 4.59. The minimum atomic E-state index is -1.29.